The van der Waals surface area contributed by atoms with Crippen molar-refractivity contribution in [2.75, 3.05) is 0 Å². The molecule has 0 bridgehead atoms. The van der Waals surface area contributed by atoms with Gasteiger partial charge in [0.15, 0.2) is 0 Å². The molecule has 3 heterocycles. The molecular weight excluding hydrogens is 775 g/mol. The predicted octanol–water partition coefficient (Wildman–Crippen LogP) is 11.5. The van der Waals surface area contributed by atoms with Crippen molar-refractivity contribution in [3.05, 3.63) is 163 Å². The Labute approximate surface area is 308 Å². The Morgan fingerprint density at radius 3 is 0.857 bits per heavy atom. The van der Waals surface area contributed by atoms with E-state index >= 15 is 0 Å². The minimum Gasteiger partial charge on any atom is -0.305 e. The maximum atomic E-state index is 4.34. The normalized spacial score (nSPS) is 11.2. The van der Waals surface area contributed by atoms with Crippen LogP contribution in [-0.4, -0.2) is 15.0 Å². The van der Waals surface area contributed by atoms with Crippen LogP contribution >= 0.6 is 0 Å². The summed E-state index contributed by atoms with van der Waals surface area (Å²) < 4.78 is 0. The van der Waals surface area contributed by atoms with Gasteiger partial charge in [0, 0.05) is 18.6 Å². The molecule has 252 valence electrons. The van der Waals surface area contributed by atoms with E-state index < -0.39 is 0 Å². The van der Waals surface area contributed by atoms with Crippen LogP contribution in [0.15, 0.2) is 128 Å². The minimum atomic E-state index is 0. The molecule has 0 aliphatic heterocycles. The standard InChI is InChI=1S/3C15H16N.Ir/c3*1-15(2,3)13-8-6-7-12(11-13)14-9-4-5-10-16-14;/h3*4-6,8-11H,1-3H3;/q3*-1;+3. The molecule has 0 aliphatic rings. The molecule has 0 saturated heterocycles. The van der Waals surface area contributed by atoms with Crippen LogP contribution < -0.4 is 0 Å². The van der Waals surface area contributed by atoms with E-state index in [0.29, 0.717) is 0 Å². The van der Waals surface area contributed by atoms with Gasteiger partial charge in [-0.15, -0.1) is 106 Å². The summed E-state index contributed by atoms with van der Waals surface area (Å²) in [6.07, 6.45) is 5.44. The zero-order chi connectivity index (χ0) is 34.8. The molecule has 0 amide bonds. The molecular formula is C45H48IrN3. The summed E-state index contributed by atoms with van der Waals surface area (Å²) in [7, 11) is 0. The first-order valence-corrected chi connectivity index (χ1v) is 16.5. The number of hydrogen-bond acceptors (Lipinski definition) is 3. The summed E-state index contributed by atoms with van der Waals surface area (Å²) in [4.78, 5) is 13.0. The fourth-order valence-electron chi connectivity index (χ4n) is 4.81. The first-order chi connectivity index (χ1) is 22.7. The molecule has 0 fully saturated rings. The van der Waals surface area contributed by atoms with Gasteiger partial charge in [-0.1, -0.05) is 98.7 Å². The van der Waals surface area contributed by atoms with Gasteiger partial charge >= 0.3 is 20.1 Å². The van der Waals surface area contributed by atoms with E-state index in [0.717, 1.165) is 33.8 Å². The molecule has 4 heteroatoms. The quantitative estimate of drug-likeness (QED) is 0.167. The number of rotatable bonds is 3. The third-order valence-electron chi connectivity index (χ3n) is 7.83. The minimum absolute atomic E-state index is 0. The molecule has 3 nitrogen and oxygen atoms in total. The van der Waals surface area contributed by atoms with Gasteiger partial charge in [-0.25, -0.2) is 0 Å². The SMILES string of the molecule is CC(C)(C)c1cc[c-]c(-c2ccccn2)c1.CC(C)(C)c1cc[c-]c(-c2ccccn2)c1.CC(C)(C)c1cc[c-]c(-c2ccccn2)c1.[Ir+3]. The Morgan fingerprint density at radius 1 is 0.388 bits per heavy atom. The Kier molecular flexibility index (Phi) is 13.9. The zero-order valence-corrected chi connectivity index (χ0v) is 32.7. The van der Waals surface area contributed by atoms with Gasteiger partial charge < -0.3 is 15.0 Å². The second-order valence-corrected chi connectivity index (χ2v) is 14.9. The average Bonchev–Trinajstić information content (AvgIpc) is 3.09. The summed E-state index contributed by atoms with van der Waals surface area (Å²) in [5.74, 6) is 0. The van der Waals surface area contributed by atoms with Crippen LogP contribution in [-0.2, 0) is 36.4 Å². The fourth-order valence-corrected chi connectivity index (χ4v) is 4.81. The van der Waals surface area contributed by atoms with Crippen molar-refractivity contribution in [2.45, 2.75) is 78.6 Å². The molecule has 0 saturated carbocycles. The second-order valence-electron chi connectivity index (χ2n) is 14.9. The summed E-state index contributed by atoms with van der Waals surface area (Å²) in [5, 5.41) is 0. The van der Waals surface area contributed by atoms with E-state index in [9.17, 15) is 0 Å². The van der Waals surface area contributed by atoms with Crippen LogP contribution in [0, 0.1) is 18.2 Å². The second kappa shape index (κ2) is 17.4. The largest absolute Gasteiger partial charge is 3.00 e. The van der Waals surface area contributed by atoms with Crippen molar-refractivity contribution in [1.29, 1.82) is 0 Å². The van der Waals surface area contributed by atoms with Crippen LogP contribution in [0.2, 0.25) is 0 Å². The van der Waals surface area contributed by atoms with Crippen LogP contribution in [0.1, 0.15) is 79.0 Å². The fraction of sp³-hybridized carbons (Fsp3) is 0.267. The van der Waals surface area contributed by atoms with Gasteiger partial charge in [0.05, 0.1) is 0 Å². The predicted molar refractivity (Wildman–Crippen MR) is 202 cm³/mol. The van der Waals surface area contributed by atoms with Gasteiger partial charge in [0.2, 0.25) is 0 Å². The monoisotopic (exact) mass is 823 g/mol. The average molecular weight is 823 g/mol. The molecule has 0 unspecified atom stereocenters. The first kappa shape index (κ1) is 39.2. The van der Waals surface area contributed by atoms with E-state index in [1.54, 1.807) is 0 Å². The number of aromatic nitrogens is 3. The Bertz CT molecular complexity index is 1630. The van der Waals surface area contributed by atoms with E-state index in [2.05, 4.69) is 132 Å². The topological polar surface area (TPSA) is 38.7 Å². The number of hydrogen-bond donors (Lipinski definition) is 0. The van der Waals surface area contributed by atoms with E-state index in [-0.39, 0.29) is 36.4 Å². The van der Waals surface area contributed by atoms with Crippen molar-refractivity contribution in [3.8, 4) is 33.8 Å². The molecule has 3 aromatic carbocycles. The summed E-state index contributed by atoms with van der Waals surface area (Å²) in [6, 6.07) is 46.3. The van der Waals surface area contributed by atoms with E-state index in [1.165, 1.54) is 16.7 Å². The van der Waals surface area contributed by atoms with Gasteiger partial charge in [-0.05, 0) is 51.5 Å². The Morgan fingerprint density at radius 2 is 0.653 bits per heavy atom. The number of pyridine rings is 3. The smallest absolute Gasteiger partial charge is 0.305 e. The first-order valence-electron chi connectivity index (χ1n) is 16.5. The number of nitrogens with zero attached hydrogens (tertiary/aromatic N) is 3. The van der Waals surface area contributed by atoms with Crippen molar-refractivity contribution in [2.24, 2.45) is 0 Å². The number of benzene rings is 3. The maximum absolute atomic E-state index is 4.34. The molecule has 0 atom stereocenters. The molecule has 0 radical (unpaired) electrons. The third kappa shape index (κ3) is 12.0. The Balaban J connectivity index is 0.000000197. The van der Waals surface area contributed by atoms with Crippen LogP contribution in [0.25, 0.3) is 33.8 Å². The molecule has 6 rings (SSSR count). The molecule has 49 heavy (non-hydrogen) atoms. The van der Waals surface area contributed by atoms with E-state index in [1.807, 2.05) is 91.4 Å². The van der Waals surface area contributed by atoms with Crippen molar-refractivity contribution in [1.82, 2.24) is 15.0 Å². The molecule has 3 aromatic heterocycles. The van der Waals surface area contributed by atoms with Crippen molar-refractivity contribution in [3.63, 3.8) is 0 Å². The van der Waals surface area contributed by atoms with Crippen molar-refractivity contribution < 1.29 is 20.1 Å². The third-order valence-corrected chi connectivity index (χ3v) is 7.83. The van der Waals surface area contributed by atoms with Gasteiger partial charge in [-0.2, -0.15) is 0 Å². The molecule has 0 aliphatic carbocycles. The molecule has 0 N–H and O–H groups in total. The molecule has 6 aromatic rings. The maximum Gasteiger partial charge on any atom is 3.00 e. The summed E-state index contributed by atoms with van der Waals surface area (Å²) in [5.41, 5.74) is 10.6. The van der Waals surface area contributed by atoms with Crippen molar-refractivity contribution >= 4 is 0 Å². The summed E-state index contributed by atoms with van der Waals surface area (Å²) >= 11 is 0. The van der Waals surface area contributed by atoms with Crippen LogP contribution in [0.3, 0.4) is 0 Å². The van der Waals surface area contributed by atoms with Crippen LogP contribution in [0.5, 0.6) is 0 Å². The van der Waals surface area contributed by atoms with Gasteiger partial charge in [-0.3, -0.25) is 0 Å². The van der Waals surface area contributed by atoms with E-state index in [4.69, 9.17) is 0 Å². The summed E-state index contributed by atoms with van der Waals surface area (Å²) in [6.45, 7) is 19.9. The molecule has 0 spiro atoms. The zero-order valence-electron chi connectivity index (χ0n) is 30.3. The van der Waals surface area contributed by atoms with Crippen LogP contribution in [0.4, 0.5) is 0 Å². The Hall–Kier alpha value is -4.24. The van der Waals surface area contributed by atoms with Gasteiger partial charge in [0.1, 0.15) is 0 Å². The van der Waals surface area contributed by atoms with Gasteiger partial charge in [0.25, 0.3) is 0 Å².